The highest BCUT2D eigenvalue weighted by Crippen LogP contribution is 2.23. The molecule has 72 valence electrons. The lowest BCUT2D eigenvalue weighted by Gasteiger charge is -2.23. The molecule has 3 nitrogen and oxygen atoms in total. The van der Waals surface area contributed by atoms with Crippen LogP contribution in [-0.4, -0.2) is 27.6 Å². The summed E-state index contributed by atoms with van der Waals surface area (Å²) < 4.78 is 30.0. The lowest BCUT2D eigenvalue weighted by Crippen LogP contribution is -2.38. The molecule has 0 radical (unpaired) electrons. The third-order valence-corrected chi connectivity index (χ3v) is 6.05. The van der Waals surface area contributed by atoms with Gasteiger partial charge in [0.1, 0.15) is 0 Å². The third kappa shape index (κ3) is 2.73. The van der Waals surface area contributed by atoms with Crippen molar-refractivity contribution in [3.63, 3.8) is 0 Å². The van der Waals surface area contributed by atoms with Crippen molar-refractivity contribution < 1.29 is 13.0 Å². The van der Waals surface area contributed by atoms with E-state index in [0.29, 0.717) is 23.1 Å². The van der Waals surface area contributed by atoms with Gasteiger partial charge in [-0.15, -0.1) is 6.58 Å². The molecule has 0 aliphatic rings. The summed E-state index contributed by atoms with van der Waals surface area (Å²) in [4.78, 5) is 0. The molecule has 1 atom stereocenters. The Morgan fingerprint density at radius 1 is 1.67 bits per heavy atom. The SMILES string of the molecule is C=CCC([SiH3])(CCC)S(=O)(=O)O. The lowest BCUT2D eigenvalue weighted by molar-refractivity contribution is 0.449. The monoisotopic (exact) mass is 208 g/mol. The first-order chi connectivity index (χ1) is 5.37. The fourth-order valence-electron chi connectivity index (χ4n) is 1.17. The molecule has 5 heteroatoms. The summed E-state index contributed by atoms with van der Waals surface area (Å²) in [5.74, 6) is 0. The Morgan fingerprint density at radius 2 is 2.17 bits per heavy atom. The standard InChI is InChI=1S/C7H16O3SSi/c1-3-5-7(12,6-4-2)11(8,9)10/h3H,1,4-6H2,2,12H3,(H,8,9,10). The van der Waals surface area contributed by atoms with E-state index >= 15 is 0 Å². The predicted octanol–water partition coefficient (Wildman–Crippen LogP) is 0.312. The van der Waals surface area contributed by atoms with E-state index in [4.69, 9.17) is 4.55 Å². The van der Waals surface area contributed by atoms with Gasteiger partial charge in [-0.1, -0.05) is 19.4 Å². The first-order valence-corrected chi connectivity index (χ1v) is 6.39. The largest absolute Gasteiger partial charge is 0.285 e. The maximum absolute atomic E-state index is 11.0. The highest BCUT2D eigenvalue weighted by Gasteiger charge is 2.35. The zero-order chi connectivity index (χ0) is 9.83. The molecular formula is C7H16O3SSi. The van der Waals surface area contributed by atoms with Gasteiger partial charge in [-0.25, -0.2) is 0 Å². The molecule has 0 aromatic heterocycles. The van der Waals surface area contributed by atoms with E-state index < -0.39 is 14.5 Å². The van der Waals surface area contributed by atoms with Crippen LogP contribution in [0.25, 0.3) is 0 Å². The zero-order valence-corrected chi connectivity index (χ0v) is 10.4. The van der Waals surface area contributed by atoms with Gasteiger partial charge in [0.2, 0.25) is 0 Å². The number of hydrogen-bond donors (Lipinski definition) is 1. The Labute approximate surface area is 77.0 Å². The van der Waals surface area contributed by atoms with E-state index in [1.165, 1.54) is 0 Å². The molecule has 0 aliphatic carbocycles. The summed E-state index contributed by atoms with van der Waals surface area (Å²) in [5.41, 5.74) is 0. The fraction of sp³-hybridized carbons (Fsp3) is 0.714. The molecule has 1 N–H and O–H groups in total. The van der Waals surface area contributed by atoms with Crippen molar-refractivity contribution in [2.45, 2.75) is 30.6 Å². The van der Waals surface area contributed by atoms with Crippen molar-refractivity contribution in [2.24, 2.45) is 0 Å². The minimum Gasteiger partial charge on any atom is -0.285 e. The van der Waals surface area contributed by atoms with E-state index in [1.54, 1.807) is 6.08 Å². The van der Waals surface area contributed by atoms with E-state index in [9.17, 15) is 8.42 Å². The minimum absolute atomic E-state index is 0.353. The van der Waals surface area contributed by atoms with Crippen LogP contribution in [0.5, 0.6) is 0 Å². The summed E-state index contributed by atoms with van der Waals surface area (Å²) in [7, 11) is -3.46. The van der Waals surface area contributed by atoms with Gasteiger partial charge in [0, 0.05) is 10.2 Å². The molecular weight excluding hydrogens is 192 g/mol. The Bertz CT molecular complexity index is 247. The second-order valence-corrected chi connectivity index (χ2v) is 7.74. The van der Waals surface area contributed by atoms with Crippen molar-refractivity contribution in [2.75, 3.05) is 0 Å². The summed E-state index contributed by atoms with van der Waals surface area (Å²) in [6, 6.07) is 0. The average molecular weight is 208 g/mol. The van der Waals surface area contributed by atoms with Crippen molar-refractivity contribution >= 4 is 20.4 Å². The van der Waals surface area contributed by atoms with Gasteiger partial charge in [-0.3, -0.25) is 4.55 Å². The van der Waals surface area contributed by atoms with Gasteiger partial charge in [-0.05, 0) is 12.8 Å². The lowest BCUT2D eigenvalue weighted by atomic mass is 10.2. The molecule has 1 unspecified atom stereocenters. The van der Waals surface area contributed by atoms with Crippen molar-refractivity contribution in [3.8, 4) is 0 Å². The summed E-state index contributed by atoms with van der Waals surface area (Å²) in [6.07, 6.45) is 3.18. The Morgan fingerprint density at radius 3 is 2.42 bits per heavy atom. The van der Waals surface area contributed by atoms with Gasteiger partial charge in [-0.2, -0.15) is 8.42 Å². The molecule has 0 aromatic rings. The molecule has 12 heavy (non-hydrogen) atoms. The van der Waals surface area contributed by atoms with Gasteiger partial charge < -0.3 is 0 Å². The van der Waals surface area contributed by atoms with Crippen LogP contribution in [0.4, 0.5) is 0 Å². The molecule has 0 amide bonds. The van der Waals surface area contributed by atoms with Gasteiger partial charge in [0.25, 0.3) is 10.1 Å². The molecule has 0 saturated heterocycles. The molecule has 0 aromatic carbocycles. The fourth-order valence-corrected chi connectivity index (χ4v) is 2.75. The minimum atomic E-state index is -3.90. The van der Waals surface area contributed by atoms with Crippen molar-refractivity contribution in [1.82, 2.24) is 0 Å². The second-order valence-electron chi connectivity index (χ2n) is 3.17. The number of allylic oxidation sites excluding steroid dienone is 1. The maximum atomic E-state index is 11.0. The molecule has 0 saturated carbocycles. The van der Waals surface area contributed by atoms with Crippen LogP contribution in [-0.2, 0) is 10.1 Å². The van der Waals surface area contributed by atoms with Crippen LogP contribution in [0.1, 0.15) is 26.2 Å². The van der Waals surface area contributed by atoms with Crippen LogP contribution in [0, 0.1) is 0 Å². The molecule has 0 fully saturated rings. The second kappa shape index (κ2) is 4.20. The Hall–Kier alpha value is -0.133. The highest BCUT2D eigenvalue weighted by atomic mass is 32.2. The molecule has 0 heterocycles. The predicted molar refractivity (Wildman–Crippen MR) is 53.9 cm³/mol. The summed E-state index contributed by atoms with van der Waals surface area (Å²) in [6.45, 7) is 5.39. The van der Waals surface area contributed by atoms with Crippen molar-refractivity contribution in [3.05, 3.63) is 12.7 Å². The topological polar surface area (TPSA) is 54.4 Å². The van der Waals surface area contributed by atoms with Gasteiger partial charge >= 0.3 is 0 Å². The maximum Gasteiger partial charge on any atom is 0.267 e. The summed E-state index contributed by atoms with van der Waals surface area (Å²) in [5, 5.41) is 0. The molecule has 0 aliphatic heterocycles. The first-order valence-electron chi connectivity index (χ1n) is 3.95. The van der Waals surface area contributed by atoms with Gasteiger partial charge in [0.05, 0.1) is 4.37 Å². The normalized spacial score (nSPS) is 17.2. The van der Waals surface area contributed by atoms with Crippen LogP contribution >= 0.6 is 0 Å². The van der Waals surface area contributed by atoms with Crippen LogP contribution in [0.3, 0.4) is 0 Å². The number of rotatable bonds is 5. The zero-order valence-electron chi connectivity index (χ0n) is 7.58. The Kier molecular flexibility index (Phi) is 4.16. The average Bonchev–Trinajstić information content (AvgIpc) is 1.86. The van der Waals surface area contributed by atoms with Crippen LogP contribution < -0.4 is 0 Å². The van der Waals surface area contributed by atoms with Gasteiger partial charge in [0.15, 0.2) is 0 Å². The third-order valence-electron chi connectivity index (χ3n) is 1.98. The molecule has 0 bridgehead atoms. The quantitative estimate of drug-likeness (QED) is 0.402. The van der Waals surface area contributed by atoms with E-state index in [0.717, 1.165) is 6.42 Å². The number of hydrogen-bond acceptors (Lipinski definition) is 2. The van der Waals surface area contributed by atoms with Crippen LogP contribution in [0.2, 0.25) is 0 Å². The first kappa shape index (κ1) is 11.9. The van der Waals surface area contributed by atoms with E-state index in [-0.39, 0.29) is 0 Å². The van der Waals surface area contributed by atoms with Crippen molar-refractivity contribution in [1.29, 1.82) is 0 Å². The van der Waals surface area contributed by atoms with E-state index in [1.807, 2.05) is 6.92 Å². The smallest absolute Gasteiger partial charge is 0.267 e. The summed E-state index contributed by atoms with van der Waals surface area (Å²) >= 11 is 0. The Balaban J connectivity index is 4.73. The van der Waals surface area contributed by atoms with E-state index in [2.05, 4.69) is 6.58 Å². The molecule has 0 rings (SSSR count). The highest BCUT2D eigenvalue weighted by molar-refractivity contribution is 7.88. The van der Waals surface area contributed by atoms with Crippen LogP contribution in [0.15, 0.2) is 12.7 Å². The molecule has 0 spiro atoms.